The van der Waals surface area contributed by atoms with Crippen molar-refractivity contribution in [2.24, 2.45) is 0 Å². The second-order valence-corrected chi connectivity index (χ2v) is 5.04. The lowest BCUT2D eigenvalue weighted by Gasteiger charge is -2.34. The first-order valence-corrected chi connectivity index (χ1v) is 6.69. The smallest absolute Gasteiger partial charge is 0.221 e. The summed E-state index contributed by atoms with van der Waals surface area (Å²) >= 11 is 0. The third-order valence-electron chi connectivity index (χ3n) is 3.70. The molecule has 2 N–H and O–H groups in total. The highest BCUT2D eigenvalue weighted by atomic mass is 16.1. The summed E-state index contributed by atoms with van der Waals surface area (Å²) in [6, 6.07) is 0.542. The van der Waals surface area contributed by atoms with Crippen LogP contribution in [0.4, 0.5) is 0 Å². The van der Waals surface area contributed by atoms with Gasteiger partial charge in [-0.25, -0.2) is 0 Å². The molecule has 98 valence electrons. The van der Waals surface area contributed by atoms with Crippen LogP contribution in [-0.4, -0.2) is 74.1 Å². The number of hydrogen-bond donors (Lipinski definition) is 2. The van der Waals surface area contributed by atoms with Gasteiger partial charge in [0, 0.05) is 64.8 Å². The van der Waals surface area contributed by atoms with Gasteiger partial charge in [-0.2, -0.15) is 0 Å². The first-order chi connectivity index (χ1) is 8.25. The molecule has 2 saturated heterocycles. The predicted octanol–water partition coefficient (Wildman–Crippen LogP) is -0.898. The fourth-order valence-electron chi connectivity index (χ4n) is 2.61. The SMILES string of the molecule is CC(CN1CCNCC1)N1CCNC(=O)CC1. The zero-order valence-electron chi connectivity index (χ0n) is 10.7. The normalized spacial score (nSPS) is 26.3. The van der Waals surface area contributed by atoms with Gasteiger partial charge in [0.25, 0.3) is 0 Å². The number of nitrogens with zero attached hydrogens (tertiary/aromatic N) is 2. The molecule has 0 saturated carbocycles. The molecule has 0 aromatic carbocycles. The van der Waals surface area contributed by atoms with Crippen molar-refractivity contribution in [1.29, 1.82) is 0 Å². The summed E-state index contributed by atoms with van der Waals surface area (Å²) in [5.74, 6) is 0.196. The molecule has 0 aromatic heterocycles. The molecule has 0 spiro atoms. The lowest BCUT2D eigenvalue weighted by atomic mass is 10.2. The van der Waals surface area contributed by atoms with Crippen LogP contribution >= 0.6 is 0 Å². The average Bonchev–Trinajstić information content (AvgIpc) is 2.55. The molecule has 1 atom stereocenters. The standard InChI is InChI=1S/C12H24N4O/c1-11(10-15-7-3-13-4-8-15)16-6-2-12(17)14-5-9-16/h11,13H,2-10H2,1H3,(H,14,17). The van der Waals surface area contributed by atoms with Gasteiger partial charge in [-0.05, 0) is 6.92 Å². The molecule has 0 aliphatic carbocycles. The van der Waals surface area contributed by atoms with Gasteiger partial charge in [0.1, 0.15) is 0 Å². The van der Waals surface area contributed by atoms with Crippen molar-refractivity contribution < 1.29 is 4.79 Å². The fraction of sp³-hybridized carbons (Fsp3) is 0.917. The van der Waals surface area contributed by atoms with E-state index in [-0.39, 0.29) is 5.91 Å². The summed E-state index contributed by atoms with van der Waals surface area (Å²) in [6.07, 6.45) is 0.645. The van der Waals surface area contributed by atoms with Crippen molar-refractivity contribution in [2.75, 3.05) is 52.4 Å². The molecular formula is C12H24N4O. The van der Waals surface area contributed by atoms with Gasteiger partial charge in [-0.3, -0.25) is 14.6 Å². The summed E-state index contributed by atoms with van der Waals surface area (Å²) in [5.41, 5.74) is 0. The quantitative estimate of drug-likeness (QED) is 0.671. The molecule has 2 heterocycles. The lowest BCUT2D eigenvalue weighted by molar-refractivity contribution is -0.120. The minimum absolute atomic E-state index is 0.196. The molecule has 5 nitrogen and oxygen atoms in total. The molecule has 2 aliphatic heterocycles. The van der Waals surface area contributed by atoms with Crippen LogP contribution in [0.25, 0.3) is 0 Å². The van der Waals surface area contributed by atoms with Crippen molar-refractivity contribution >= 4 is 5.91 Å². The largest absolute Gasteiger partial charge is 0.355 e. The molecule has 1 amide bonds. The van der Waals surface area contributed by atoms with E-state index in [1.807, 2.05) is 0 Å². The number of carbonyl (C=O) groups is 1. The Morgan fingerprint density at radius 3 is 2.71 bits per heavy atom. The van der Waals surface area contributed by atoms with Crippen LogP contribution in [0, 0.1) is 0 Å². The van der Waals surface area contributed by atoms with E-state index in [2.05, 4.69) is 27.4 Å². The number of piperazine rings is 1. The van der Waals surface area contributed by atoms with Crippen molar-refractivity contribution in [3.05, 3.63) is 0 Å². The first-order valence-electron chi connectivity index (χ1n) is 6.69. The Morgan fingerprint density at radius 1 is 1.18 bits per heavy atom. The molecule has 17 heavy (non-hydrogen) atoms. The van der Waals surface area contributed by atoms with E-state index < -0.39 is 0 Å². The summed E-state index contributed by atoms with van der Waals surface area (Å²) in [7, 11) is 0. The number of rotatable bonds is 3. The summed E-state index contributed by atoms with van der Waals surface area (Å²) in [4.78, 5) is 16.2. The number of nitrogens with one attached hydrogen (secondary N) is 2. The second kappa shape index (κ2) is 6.33. The Balaban J connectivity index is 1.77. The molecule has 0 bridgehead atoms. The Labute approximate surface area is 104 Å². The van der Waals surface area contributed by atoms with Crippen molar-refractivity contribution in [3.8, 4) is 0 Å². The molecule has 1 unspecified atom stereocenters. The maximum Gasteiger partial charge on any atom is 0.221 e. The van der Waals surface area contributed by atoms with Crippen LogP contribution < -0.4 is 10.6 Å². The maximum atomic E-state index is 11.3. The van der Waals surface area contributed by atoms with E-state index in [9.17, 15) is 4.79 Å². The van der Waals surface area contributed by atoms with Gasteiger partial charge in [0.05, 0.1) is 0 Å². The summed E-state index contributed by atoms with van der Waals surface area (Å²) < 4.78 is 0. The van der Waals surface area contributed by atoms with Crippen LogP contribution in [0.3, 0.4) is 0 Å². The Kier molecular flexibility index (Phi) is 4.76. The Hall–Kier alpha value is -0.650. The van der Waals surface area contributed by atoms with Crippen LogP contribution in [0.2, 0.25) is 0 Å². The molecule has 2 aliphatic rings. The number of carbonyl (C=O) groups excluding carboxylic acids is 1. The van der Waals surface area contributed by atoms with Gasteiger partial charge in [-0.1, -0.05) is 0 Å². The maximum absolute atomic E-state index is 11.3. The molecule has 0 aromatic rings. The third-order valence-corrected chi connectivity index (χ3v) is 3.70. The van der Waals surface area contributed by atoms with E-state index >= 15 is 0 Å². The highest BCUT2D eigenvalue weighted by Crippen LogP contribution is 2.06. The van der Waals surface area contributed by atoms with Gasteiger partial charge < -0.3 is 10.6 Å². The molecule has 5 heteroatoms. The summed E-state index contributed by atoms with van der Waals surface area (Å²) in [5, 5.41) is 6.30. The predicted molar refractivity (Wildman–Crippen MR) is 68.0 cm³/mol. The number of amides is 1. The zero-order valence-corrected chi connectivity index (χ0v) is 10.7. The van der Waals surface area contributed by atoms with Crippen LogP contribution in [0.5, 0.6) is 0 Å². The van der Waals surface area contributed by atoms with Crippen LogP contribution in [-0.2, 0) is 4.79 Å². The molecule has 2 rings (SSSR count). The van der Waals surface area contributed by atoms with Crippen molar-refractivity contribution in [3.63, 3.8) is 0 Å². The van der Waals surface area contributed by atoms with Gasteiger partial charge in [-0.15, -0.1) is 0 Å². The third kappa shape index (κ3) is 3.94. The minimum atomic E-state index is 0.196. The minimum Gasteiger partial charge on any atom is -0.355 e. The number of hydrogen-bond acceptors (Lipinski definition) is 4. The average molecular weight is 240 g/mol. The van der Waals surface area contributed by atoms with E-state index in [1.54, 1.807) is 0 Å². The highest BCUT2D eigenvalue weighted by molar-refractivity contribution is 5.76. The first kappa shape index (κ1) is 12.8. The molecular weight excluding hydrogens is 216 g/mol. The lowest BCUT2D eigenvalue weighted by Crippen LogP contribution is -2.49. The second-order valence-electron chi connectivity index (χ2n) is 5.04. The topological polar surface area (TPSA) is 47.6 Å². The Bertz CT molecular complexity index is 253. The molecule has 0 radical (unpaired) electrons. The van der Waals surface area contributed by atoms with E-state index in [4.69, 9.17) is 0 Å². The van der Waals surface area contributed by atoms with Gasteiger partial charge >= 0.3 is 0 Å². The van der Waals surface area contributed by atoms with E-state index in [1.165, 1.54) is 0 Å². The van der Waals surface area contributed by atoms with Crippen molar-refractivity contribution in [2.45, 2.75) is 19.4 Å². The highest BCUT2D eigenvalue weighted by Gasteiger charge is 2.21. The van der Waals surface area contributed by atoms with Gasteiger partial charge in [0.15, 0.2) is 0 Å². The molecule has 2 fully saturated rings. The van der Waals surface area contributed by atoms with E-state index in [0.29, 0.717) is 12.5 Å². The van der Waals surface area contributed by atoms with E-state index in [0.717, 1.165) is 52.4 Å². The zero-order chi connectivity index (χ0) is 12.1. The van der Waals surface area contributed by atoms with Gasteiger partial charge in [0.2, 0.25) is 5.91 Å². The fourth-order valence-corrected chi connectivity index (χ4v) is 2.61. The summed E-state index contributed by atoms with van der Waals surface area (Å²) in [6.45, 7) is 10.6. The van der Waals surface area contributed by atoms with Crippen LogP contribution in [0.1, 0.15) is 13.3 Å². The monoisotopic (exact) mass is 240 g/mol. The van der Waals surface area contributed by atoms with Crippen LogP contribution in [0.15, 0.2) is 0 Å². The van der Waals surface area contributed by atoms with Crippen molar-refractivity contribution in [1.82, 2.24) is 20.4 Å². The Morgan fingerprint density at radius 2 is 1.94 bits per heavy atom.